The fourth-order valence-corrected chi connectivity index (χ4v) is 9.90. The molecule has 0 radical (unpaired) electrons. The van der Waals surface area contributed by atoms with Crippen molar-refractivity contribution in [1.29, 1.82) is 0 Å². The Morgan fingerprint density at radius 2 is 1.58 bits per heavy atom. The standard InChI is InChI=1S/C41H32Cl3N3O10/c1-56-22-7-3-19(4-8-22)41-27(37(51)47(40(41)55)45-30-12-5-20(42)15-28(30)43)17-26-23(34(41)18-13-29(44)35(49)32(14-18)57-2)10-11-25-33(26)38(52)46(36(25)50)21-6-9-24(39(53)54)31(48)16-21/h3-10,12-16,25-27,33-34,45,48-49H,11,17H2,1-2H3,(H,53,54)/t25-,26+,27-,33-,34-,41+/m0/s1. The Hall–Kier alpha value is -5.76. The number of hydrogen-bond donors (Lipinski definition) is 4. The number of ether oxygens (including phenoxy) is 2. The van der Waals surface area contributed by atoms with E-state index >= 15 is 4.79 Å². The van der Waals surface area contributed by atoms with Crippen LogP contribution in [0.3, 0.4) is 0 Å². The van der Waals surface area contributed by atoms with Gasteiger partial charge in [-0.3, -0.25) is 24.6 Å². The van der Waals surface area contributed by atoms with Crippen molar-refractivity contribution in [2.24, 2.45) is 23.7 Å². The van der Waals surface area contributed by atoms with Crippen LogP contribution >= 0.6 is 34.8 Å². The third-order valence-electron chi connectivity index (χ3n) is 11.7. The van der Waals surface area contributed by atoms with Gasteiger partial charge in [-0.05, 0) is 84.5 Å². The van der Waals surface area contributed by atoms with E-state index in [1.54, 1.807) is 30.3 Å². The van der Waals surface area contributed by atoms with Crippen molar-refractivity contribution in [2.45, 2.75) is 24.2 Å². The largest absolute Gasteiger partial charge is 0.507 e. The molecule has 2 aliphatic carbocycles. The minimum absolute atomic E-state index is 0.00190. The number of carboxylic acids is 1. The van der Waals surface area contributed by atoms with Crippen molar-refractivity contribution < 1.29 is 48.8 Å². The van der Waals surface area contributed by atoms with Crippen LogP contribution in [0.15, 0.2) is 84.4 Å². The zero-order valence-electron chi connectivity index (χ0n) is 30.0. The maximum atomic E-state index is 15.5. The molecule has 13 nitrogen and oxygen atoms in total. The number of carbonyl (C=O) groups excluding carboxylic acids is 4. The van der Waals surface area contributed by atoms with E-state index in [-0.39, 0.29) is 45.8 Å². The molecule has 0 unspecified atom stereocenters. The van der Waals surface area contributed by atoms with Gasteiger partial charge in [0.15, 0.2) is 11.5 Å². The summed E-state index contributed by atoms with van der Waals surface area (Å²) in [6.45, 7) is 0. The summed E-state index contributed by atoms with van der Waals surface area (Å²) in [6, 6.07) is 17.7. The summed E-state index contributed by atoms with van der Waals surface area (Å²) in [4.78, 5) is 71.7. The number of methoxy groups -OCH3 is 2. The predicted molar refractivity (Wildman–Crippen MR) is 208 cm³/mol. The third kappa shape index (κ3) is 5.70. The number of carboxylic acid groups (broad SMARTS) is 1. The molecule has 2 heterocycles. The summed E-state index contributed by atoms with van der Waals surface area (Å²) < 4.78 is 11.0. The lowest BCUT2D eigenvalue weighted by molar-refractivity contribution is -0.138. The van der Waals surface area contributed by atoms with Gasteiger partial charge in [-0.1, -0.05) is 58.6 Å². The summed E-state index contributed by atoms with van der Waals surface area (Å²) in [5, 5.41) is 32.1. The highest BCUT2D eigenvalue weighted by atomic mass is 35.5. The van der Waals surface area contributed by atoms with E-state index in [4.69, 9.17) is 44.3 Å². The van der Waals surface area contributed by atoms with Crippen molar-refractivity contribution >= 4 is 75.8 Å². The number of benzene rings is 4. The lowest BCUT2D eigenvalue weighted by Crippen LogP contribution is -2.53. The molecule has 2 aliphatic heterocycles. The first-order chi connectivity index (χ1) is 27.2. The number of phenolic OH excluding ortho intramolecular Hbond substituents is 1. The summed E-state index contributed by atoms with van der Waals surface area (Å²) in [5.41, 5.74) is 2.44. The zero-order valence-corrected chi connectivity index (χ0v) is 32.3. The molecule has 292 valence electrons. The van der Waals surface area contributed by atoms with Crippen LogP contribution in [-0.2, 0) is 24.6 Å². The van der Waals surface area contributed by atoms with Gasteiger partial charge in [-0.25, -0.2) is 9.69 Å². The number of nitrogens with one attached hydrogen (secondary N) is 1. The first kappa shape index (κ1) is 38.1. The highest BCUT2D eigenvalue weighted by Gasteiger charge is 2.70. The average molecular weight is 833 g/mol. The van der Waals surface area contributed by atoms with Crippen LogP contribution in [-0.4, -0.2) is 64.1 Å². The van der Waals surface area contributed by atoms with E-state index in [0.717, 1.165) is 22.0 Å². The fraction of sp³-hybridized carbons (Fsp3) is 0.244. The van der Waals surface area contributed by atoms with E-state index in [9.17, 15) is 34.5 Å². The molecule has 8 rings (SSSR count). The number of amides is 4. The van der Waals surface area contributed by atoms with Crippen LogP contribution < -0.4 is 19.8 Å². The number of fused-ring (bicyclic) bond motifs is 4. The van der Waals surface area contributed by atoms with Gasteiger partial charge in [0.05, 0.1) is 58.8 Å². The van der Waals surface area contributed by atoms with Gasteiger partial charge in [-0.2, -0.15) is 5.01 Å². The van der Waals surface area contributed by atoms with E-state index in [2.05, 4.69) is 5.43 Å². The molecule has 1 saturated carbocycles. The van der Waals surface area contributed by atoms with Crippen molar-refractivity contribution in [3.8, 4) is 23.0 Å². The van der Waals surface area contributed by atoms with Gasteiger partial charge < -0.3 is 24.8 Å². The van der Waals surface area contributed by atoms with Crippen molar-refractivity contribution in [3.05, 3.63) is 116 Å². The quantitative estimate of drug-likeness (QED) is 0.106. The summed E-state index contributed by atoms with van der Waals surface area (Å²) in [5.74, 6) is -9.18. The molecule has 0 aromatic heterocycles. The molecule has 0 spiro atoms. The Balaban J connectivity index is 1.33. The molecule has 2 saturated heterocycles. The van der Waals surface area contributed by atoms with Crippen molar-refractivity contribution in [1.82, 2.24) is 5.01 Å². The van der Waals surface area contributed by atoms with Crippen LogP contribution in [0, 0.1) is 23.7 Å². The number of imide groups is 2. The van der Waals surface area contributed by atoms with Crippen LogP contribution in [0.1, 0.15) is 40.2 Å². The maximum Gasteiger partial charge on any atom is 0.339 e. The number of anilines is 2. The van der Waals surface area contributed by atoms with Crippen LogP contribution in [0.5, 0.6) is 23.0 Å². The number of phenols is 2. The van der Waals surface area contributed by atoms with E-state index in [0.29, 0.717) is 27.5 Å². The molecule has 4 N–H and O–H groups in total. The van der Waals surface area contributed by atoms with E-state index in [1.807, 2.05) is 6.08 Å². The molecule has 0 bridgehead atoms. The number of aromatic carboxylic acids is 1. The number of hydrogen-bond acceptors (Lipinski definition) is 10. The van der Waals surface area contributed by atoms with Gasteiger partial charge in [-0.15, -0.1) is 0 Å². The number of aromatic hydroxyl groups is 2. The molecular formula is C41H32Cl3N3O10. The number of nitrogens with zero attached hydrogens (tertiary/aromatic N) is 2. The van der Waals surface area contributed by atoms with E-state index in [1.165, 1.54) is 44.6 Å². The van der Waals surface area contributed by atoms with Crippen LogP contribution in [0.2, 0.25) is 15.1 Å². The topological polar surface area (TPSA) is 183 Å². The Labute approximate surface area is 339 Å². The van der Waals surface area contributed by atoms with Crippen molar-refractivity contribution in [2.75, 3.05) is 24.5 Å². The molecule has 57 heavy (non-hydrogen) atoms. The smallest absolute Gasteiger partial charge is 0.339 e. The second-order valence-electron chi connectivity index (χ2n) is 14.3. The number of allylic oxidation sites excluding steroid dienone is 2. The van der Waals surface area contributed by atoms with Gasteiger partial charge in [0.2, 0.25) is 11.8 Å². The molecule has 4 aliphatic rings. The monoisotopic (exact) mass is 831 g/mol. The Morgan fingerprint density at radius 3 is 2.23 bits per heavy atom. The second-order valence-corrected chi connectivity index (χ2v) is 15.5. The van der Waals surface area contributed by atoms with Crippen LogP contribution in [0.4, 0.5) is 11.4 Å². The highest BCUT2D eigenvalue weighted by Crippen LogP contribution is 2.65. The summed E-state index contributed by atoms with van der Waals surface area (Å²) in [6.07, 6.45) is 1.85. The predicted octanol–water partition coefficient (Wildman–Crippen LogP) is 6.96. The van der Waals surface area contributed by atoms with Gasteiger partial charge in [0, 0.05) is 17.0 Å². The summed E-state index contributed by atoms with van der Waals surface area (Å²) >= 11 is 19.3. The Kier molecular flexibility index (Phi) is 9.37. The van der Waals surface area contributed by atoms with Gasteiger partial charge in [0.1, 0.15) is 17.1 Å². The maximum absolute atomic E-state index is 15.5. The van der Waals surface area contributed by atoms with Crippen LogP contribution in [0.25, 0.3) is 0 Å². The number of rotatable bonds is 8. The SMILES string of the molecule is COc1ccc([C@@]23C(=O)N(Nc4ccc(Cl)cc4Cl)C(=O)[C@@H]2C[C@@H]2C(=CC[C@@H]4C(=O)N(c5ccc(C(=O)O)c(O)c5)C(=O)[C@@H]42)[C@@H]3c2cc(Cl)c(O)c(OC)c2)cc1. The van der Waals surface area contributed by atoms with Gasteiger partial charge >= 0.3 is 5.97 Å². The number of halogens is 3. The van der Waals surface area contributed by atoms with Gasteiger partial charge in [0.25, 0.3) is 11.8 Å². The fourth-order valence-electron chi connectivity index (χ4n) is 9.23. The molecule has 4 aromatic carbocycles. The molecule has 4 aromatic rings. The number of hydrazine groups is 1. The number of carbonyl (C=O) groups is 5. The average Bonchev–Trinajstić information content (AvgIpc) is 3.57. The lowest BCUT2D eigenvalue weighted by Gasteiger charge is -2.50. The third-order valence-corrected chi connectivity index (χ3v) is 12.5. The normalized spacial score (nSPS) is 25.1. The first-order valence-corrected chi connectivity index (χ1v) is 18.8. The minimum atomic E-state index is -1.71. The van der Waals surface area contributed by atoms with E-state index < -0.39 is 75.9 Å². The molecule has 4 amide bonds. The van der Waals surface area contributed by atoms with Crippen molar-refractivity contribution in [3.63, 3.8) is 0 Å². The minimum Gasteiger partial charge on any atom is -0.507 e. The highest BCUT2D eigenvalue weighted by molar-refractivity contribution is 6.36. The Bertz CT molecular complexity index is 2460. The zero-order chi connectivity index (χ0) is 40.7. The molecule has 3 fully saturated rings. The lowest BCUT2D eigenvalue weighted by atomic mass is 9.49. The summed E-state index contributed by atoms with van der Waals surface area (Å²) in [7, 11) is 2.84. The molecular weight excluding hydrogens is 801 g/mol. The Morgan fingerprint density at radius 1 is 0.842 bits per heavy atom. The molecule has 16 heteroatoms. The second kappa shape index (κ2) is 14.0. The first-order valence-electron chi connectivity index (χ1n) is 17.7. The molecule has 6 atom stereocenters.